The number of rotatable bonds is 16. The molecule has 1 aliphatic carbocycles. The molecule has 1 heterocycles. The third-order valence-corrected chi connectivity index (χ3v) is 9.13. The monoisotopic (exact) mass is 684 g/mol. The van der Waals surface area contributed by atoms with Gasteiger partial charge in [0.1, 0.15) is 23.8 Å². The molecule has 0 spiro atoms. The van der Waals surface area contributed by atoms with Crippen LogP contribution in [-0.4, -0.2) is 80.1 Å². The van der Waals surface area contributed by atoms with Crippen LogP contribution in [0.25, 0.3) is 0 Å². The molecule has 2 atom stereocenters. The Balaban J connectivity index is 1.52. The zero-order chi connectivity index (χ0) is 35.0. The summed E-state index contributed by atoms with van der Waals surface area (Å²) in [6.07, 6.45) is 1.85. The summed E-state index contributed by atoms with van der Waals surface area (Å²) in [6.45, 7) is 1.25. The molecule has 2 fully saturated rings. The number of hydrogen-bond acceptors (Lipinski definition) is 6. The summed E-state index contributed by atoms with van der Waals surface area (Å²) in [5.41, 5.74) is 1.15. The summed E-state index contributed by atoms with van der Waals surface area (Å²) in [6, 6.07) is 14.8. The molecule has 3 aromatic carbocycles. The number of methoxy groups -OCH3 is 2. The maximum absolute atomic E-state index is 14.9. The highest BCUT2D eigenvalue weighted by Crippen LogP contribution is 2.45. The van der Waals surface area contributed by atoms with Crippen LogP contribution in [0.5, 0.6) is 5.75 Å². The Hall–Kier alpha value is -4.13. The number of aryl methyl sites for hydroxylation is 1. The Morgan fingerprint density at radius 3 is 2.31 bits per heavy atom. The summed E-state index contributed by atoms with van der Waals surface area (Å²) >= 11 is 0. The van der Waals surface area contributed by atoms with Gasteiger partial charge in [-0.3, -0.25) is 4.79 Å². The van der Waals surface area contributed by atoms with Crippen molar-refractivity contribution in [2.75, 3.05) is 47.1 Å². The first kappa shape index (κ1) is 36.2. The van der Waals surface area contributed by atoms with Crippen LogP contribution in [0.1, 0.15) is 47.9 Å². The van der Waals surface area contributed by atoms with Crippen LogP contribution in [0.15, 0.2) is 60.7 Å². The summed E-state index contributed by atoms with van der Waals surface area (Å²) in [4.78, 5) is 30.1. The van der Waals surface area contributed by atoms with Gasteiger partial charge in [-0.05, 0) is 90.8 Å². The fourth-order valence-electron chi connectivity index (χ4n) is 6.42. The Bertz CT molecular complexity index is 1560. The molecule has 1 N–H and O–H groups in total. The fraction of sp³-hybridized carbons (Fsp3) is 0.459. The van der Waals surface area contributed by atoms with Gasteiger partial charge in [0.05, 0.1) is 19.1 Å². The summed E-state index contributed by atoms with van der Waals surface area (Å²) in [7, 11) is 3.24. The number of carboxylic acid groups (broad SMARTS) is 1. The molecule has 5 rings (SSSR count). The summed E-state index contributed by atoms with van der Waals surface area (Å²) in [5, 5.41) is 10.0. The van der Waals surface area contributed by atoms with Gasteiger partial charge in [0.15, 0.2) is 11.6 Å². The normalized spacial score (nSPS) is 19.1. The van der Waals surface area contributed by atoms with Gasteiger partial charge in [0.25, 0.3) is 0 Å². The number of piperidine rings is 1. The average Bonchev–Trinajstić information content (AvgIpc) is 3.94. The van der Waals surface area contributed by atoms with Crippen molar-refractivity contribution in [3.05, 3.63) is 100 Å². The average molecular weight is 685 g/mol. The van der Waals surface area contributed by atoms with Crippen molar-refractivity contribution in [2.45, 2.75) is 56.9 Å². The van der Waals surface area contributed by atoms with E-state index in [1.807, 2.05) is 18.2 Å². The number of benzene rings is 3. The van der Waals surface area contributed by atoms with E-state index in [1.54, 1.807) is 31.3 Å². The Morgan fingerprint density at radius 2 is 1.63 bits per heavy atom. The van der Waals surface area contributed by atoms with Crippen LogP contribution in [0.2, 0.25) is 0 Å². The van der Waals surface area contributed by atoms with Crippen molar-refractivity contribution in [2.24, 2.45) is 5.92 Å². The van der Waals surface area contributed by atoms with Crippen LogP contribution < -0.4 is 4.74 Å². The lowest BCUT2D eigenvalue weighted by Crippen LogP contribution is -2.58. The van der Waals surface area contributed by atoms with Gasteiger partial charge < -0.3 is 33.9 Å². The first-order chi connectivity index (χ1) is 23.6. The number of carbonyl (C=O) groups is 2. The molecule has 0 aromatic heterocycles. The molecule has 3 aromatic rings. The second-order valence-electron chi connectivity index (χ2n) is 12.6. The zero-order valence-electron chi connectivity index (χ0n) is 27.8. The van der Waals surface area contributed by atoms with Gasteiger partial charge in [0.2, 0.25) is 5.91 Å². The number of carbonyl (C=O) groups excluding carboxylic acids is 1. The second-order valence-corrected chi connectivity index (χ2v) is 12.6. The number of halogens is 3. The van der Waals surface area contributed by atoms with Crippen molar-refractivity contribution >= 4 is 12.0 Å². The third-order valence-electron chi connectivity index (χ3n) is 9.13. The molecule has 12 heteroatoms. The van der Waals surface area contributed by atoms with E-state index in [0.717, 1.165) is 53.8 Å². The molecule has 2 amide bonds. The van der Waals surface area contributed by atoms with Gasteiger partial charge in [-0.15, -0.1) is 0 Å². The maximum Gasteiger partial charge on any atom is 0.407 e. The second kappa shape index (κ2) is 16.5. The molecule has 0 unspecified atom stereocenters. The SMILES string of the molecule is COCCCc1cc(CN(C(=O)[C@H]2CN(C(=O)O)CC[C@]2(OCc2ccc(F)cc2)c2ccc(F)c(F)c2)C2CC2)cc(OCCOC)c1. The highest BCUT2D eigenvalue weighted by Gasteiger charge is 2.53. The molecular weight excluding hydrogens is 641 g/mol. The van der Waals surface area contributed by atoms with E-state index < -0.39 is 35.1 Å². The quantitative estimate of drug-likeness (QED) is 0.177. The van der Waals surface area contributed by atoms with E-state index in [9.17, 15) is 27.9 Å². The molecular formula is C37H43F3N2O7. The zero-order valence-corrected chi connectivity index (χ0v) is 27.8. The van der Waals surface area contributed by atoms with E-state index in [0.29, 0.717) is 31.1 Å². The van der Waals surface area contributed by atoms with Crippen LogP contribution in [0.4, 0.5) is 18.0 Å². The van der Waals surface area contributed by atoms with Gasteiger partial charge >= 0.3 is 6.09 Å². The Morgan fingerprint density at radius 1 is 0.898 bits per heavy atom. The lowest BCUT2D eigenvalue weighted by molar-refractivity contribution is -0.169. The summed E-state index contributed by atoms with van der Waals surface area (Å²) in [5.74, 6) is -3.43. The Labute approximate surface area is 284 Å². The minimum Gasteiger partial charge on any atom is -0.491 e. The largest absolute Gasteiger partial charge is 0.491 e. The lowest BCUT2D eigenvalue weighted by Gasteiger charge is -2.47. The van der Waals surface area contributed by atoms with E-state index >= 15 is 0 Å². The van der Waals surface area contributed by atoms with Gasteiger partial charge in [-0.2, -0.15) is 0 Å². The van der Waals surface area contributed by atoms with Crippen molar-refractivity contribution < 1.29 is 46.8 Å². The predicted molar refractivity (Wildman–Crippen MR) is 175 cm³/mol. The van der Waals surface area contributed by atoms with E-state index in [1.165, 1.54) is 18.2 Å². The van der Waals surface area contributed by atoms with Crippen LogP contribution >= 0.6 is 0 Å². The smallest absolute Gasteiger partial charge is 0.407 e. The van der Waals surface area contributed by atoms with Gasteiger partial charge in [-0.25, -0.2) is 18.0 Å². The first-order valence-electron chi connectivity index (χ1n) is 16.5. The molecule has 9 nitrogen and oxygen atoms in total. The van der Waals surface area contributed by atoms with E-state index in [2.05, 4.69) is 0 Å². The van der Waals surface area contributed by atoms with E-state index in [4.69, 9.17) is 18.9 Å². The van der Waals surface area contributed by atoms with Gasteiger partial charge in [0, 0.05) is 46.5 Å². The van der Waals surface area contributed by atoms with Crippen molar-refractivity contribution in [3.63, 3.8) is 0 Å². The summed E-state index contributed by atoms with van der Waals surface area (Å²) < 4.78 is 65.6. The molecule has 2 aliphatic rings. The van der Waals surface area contributed by atoms with E-state index in [-0.39, 0.29) is 50.2 Å². The van der Waals surface area contributed by atoms with Gasteiger partial charge in [-0.1, -0.05) is 24.3 Å². The van der Waals surface area contributed by atoms with Crippen molar-refractivity contribution in [3.8, 4) is 5.75 Å². The molecule has 0 bridgehead atoms. The van der Waals surface area contributed by atoms with Crippen LogP contribution in [-0.2, 0) is 44.2 Å². The van der Waals surface area contributed by atoms with Crippen molar-refractivity contribution in [1.82, 2.24) is 9.80 Å². The number of amides is 2. The first-order valence-corrected chi connectivity index (χ1v) is 16.5. The molecule has 0 radical (unpaired) electrons. The standard InChI is InChI=1S/C37H43F3N2O7/c1-46-15-3-4-26-18-27(20-31(19-26)48-17-16-47-2)22-42(30-10-11-30)35(43)32-23-41(36(44)45)14-13-37(32,28-7-12-33(39)34(40)21-28)49-24-25-5-8-29(38)9-6-25/h5-9,12,18-21,30,32H,3-4,10-11,13-17,22-24H2,1-2H3,(H,44,45)/t32-,37+/m1/s1. The fourth-order valence-corrected chi connectivity index (χ4v) is 6.42. The number of nitrogens with zero attached hydrogens (tertiary/aromatic N) is 2. The molecule has 49 heavy (non-hydrogen) atoms. The van der Waals surface area contributed by atoms with Crippen LogP contribution in [0.3, 0.4) is 0 Å². The molecule has 1 saturated carbocycles. The predicted octanol–water partition coefficient (Wildman–Crippen LogP) is 6.31. The Kier molecular flexibility index (Phi) is 12.2. The molecule has 1 aliphatic heterocycles. The van der Waals surface area contributed by atoms with Crippen molar-refractivity contribution in [1.29, 1.82) is 0 Å². The number of likely N-dealkylation sites (tertiary alicyclic amines) is 1. The molecule has 1 saturated heterocycles. The number of ether oxygens (including phenoxy) is 4. The minimum absolute atomic E-state index is 0.00333. The maximum atomic E-state index is 14.9. The van der Waals surface area contributed by atoms with Crippen LogP contribution in [0, 0.1) is 23.4 Å². The third kappa shape index (κ3) is 9.11. The number of hydrogen-bond donors (Lipinski definition) is 1. The topological polar surface area (TPSA) is 97.8 Å². The highest BCUT2D eigenvalue weighted by molar-refractivity contribution is 5.82. The lowest BCUT2D eigenvalue weighted by atomic mass is 9.74. The highest BCUT2D eigenvalue weighted by atomic mass is 19.2. The molecule has 264 valence electrons. The minimum atomic E-state index is -1.52.